The van der Waals surface area contributed by atoms with Crippen LogP contribution in [0.2, 0.25) is 0 Å². The molecule has 3 nitrogen and oxygen atoms in total. The average molecular weight is 240 g/mol. The molecule has 3 N–H and O–H groups in total. The summed E-state index contributed by atoms with van der Waals surface area (Å²) in [5.74, 6) is -0.672. The molecular weight excluding hydrogens is 226 g/mol. The minimum atomic E-state index is -2.56. The van der Waals surface area contributed by atoms with Crippen molar-refractivity contribution in [3.63, 3.8) is 0 Å². The molecule has 0 bridgehead atoms. The molecule has 1 aromatic carbocycles. The van der Waals surface area contributed by atoms with Crippen LogP contribution in [0, 0.1) is 0 Å². The fraction of sp³-hybridized carbons (Fsp3) is 0.417. The van der Waals surface area contributed by atoms with Gasteiger partial charge in [-0.25, -0.2) is 8.78 Å². The second-order valence-corrected chi connectivity index (χ2v) is 4.21. The molecule has 1 aliphatic rings. The lowest BCUT2D eigenvalue weighted by Crippen LogP contribution is -2.45. The van der Waals surface area contributed by atoms with Crippen LogP contribution in [0.5, 0.6) is 0 Å². The summed E-state index contributed by atoms with van der Waals surface area (Å²) in [6.45, 7) is 0.525. The Hall–Kier alpha value is -1.49. The van der Waals surface area contributed by atoms with Gasteiger partial charge in [-0.1, -0.05) is 18.2 Å². The van der Waals surface area contributed by atoms with Crippen molar-refractivity contribution < 1.29 is 13.6 Å². The molecule has 0 radical (unpaired) electrons. The molecule has 0 saturated carbocycles. The largest absolute Gasteiger partial charge is 0.366 e. The van der Waals surface area contributed by atoms with Crippen molar-refractivity contribution in [1.82, 2.24) is 5.32 Å². The van der Waals surface area contributed by atoms with Gasteiger partial charge in [0.05, 0.1) is 0 Å². The molecule has 0 aromatic heterocycles. The van der Waals surface area contributed by atoms with Gasteiger partial charge in [-0.05, 0) is 31.0 Å². The Morgan fingerprint density at radius 1 is 1.41 bits per heavy atom. The number of benzene rings is 1. The summed E-state index contributed by atoms with van der Waals surface area (Å²) in [5.41, 5.74) is 4.28. The third-order valence-electron chi connectivity index (χ3n) is 3.23. The van der Waals surface area contributed by atoms with Gasteiger partial charge in [0, 0.05) is 5.56 Å². The van der Waals surface area contributed by atoms with Gasteiger partial charge < -0.3 is 11.1 Å². The Morgan fingerprint density at radius 2 is 2.12 bits per heavy atom. The van der Waals surface area contributed by atoms with Gasteiger partial charge in [0.2, 0.25) is 5.91 Å². The van der Waals surface area contributed by atoms with Crippen molar-refractivity contribution in [3.8, 4) is 0 Å². The Bertz CT molecular complexity index is 428. The maximum absolute atomic E-state index is 13.3. The maximum atomic E-state index is 13.3. The normalized spacial score (nSPS) is 24.2. The number of carbonyl (C=O) groups excluding carboxylic acids is 1. The Kier molecular flexibility index (Phi) is 3.11. The van der Waals surface area contributed by atoms with Gasteiger partial charge in [0.15, 0.2) is 0 Å². The van der Waals surface area contributed by atoms with Crippen LogP contribution in [0.4, 0.5) is 8.78 Å². The molecule has 17 heavy (non-hydrogen) atoms. The second kappa shape index (κ2) is 4.41. The van der Waals surface area contributed by atoms with Gasteiger partial charge in [0.25, 0.3) is 6.43 Å². The number of alkyl halides is 2. The van der Waals surface area contributed by atoms with Gasteiger partial charge in [0.1, 0.15) is 5.54 Å². The van der Waals surface area contributed by atoms with Crippen LogP contribution >= 0.6 is 0 Å². The quantitative estimate of drug-likeness (QED) is 0.843. The summed E-state index contributed by atoms with van der Waals surface area (Å²) in [6.07, 6.45) is -1.59. The molecule has 0 aliphatic carbocycles. The summed E-state index contributed by atoms with van der Waals surface area (Å²) in [4.78, 5) is 11.3. The number of primary amides is 1. The van der Waals surface area contributed by atoms with Crippen molar-refractivity contribution in [1.29, 1.82) is 0 Å². The SMILES string of the molecule is NC(=O)c1ccccc1C1(C(F)F)CCCN1. The summed E-state index contributed by atoms with van der Waals surface area (Å²) < 4.78 is 26.6. The lowest BCUT2D eigenvalue weighted by Gasteiger charge is -2.30. The van der Waals surface area contributed by atoms with Crippen molar-refractivity contribution in [2.24, 2.45) is 5.73 Å². The van der Waals surface area contributed by atoms with Gasteiger partial charge in [-0.2, -0.15) is 0 Å². The minimum Gasteiger partial charge on any atom is -0.366 e. The highest BCUT2D eigenvalue weighted by molar-refractivity contribution is 5.94. The van der Waals surface area contributed by atoms with Crippen LogP contribution in [0.25, 0.3) is 0 Å². The summed E-state index contributed by atoms with van der Waals surface area (Å²) >= 11 is 0. The number of nitrogens with two attached hydrogens (primary N) is 1. The molecule has 1 aliphatic heterocycles. The molecule has 5 heteroatoms. The highest BCUT2D eigenvalue weighted by atomic mass is 19.3. The average Bonchev–Trinajstić information content (AvgIpc) is 2.79. The Balaban J connectivity index is 2.54. The van der Waals surface area contributed by atoms with E-state index in [0.29, 0.717) is 24.9 Å². The van der Waals surface area contributed by atoms with E-state index in [1.165, 1.54) is 6.07 Å². The lowest BCUT2D eigenvalue weighted by atomic mass is 9.85. The van der Waals surface area contributed by atoms with E-state index in [-0.39, 0.29) is 5.56 Å². The molecule has 1 saturated heterocycles. The summed E-state index contributed by atoms with van der Waals surface area (Å²) in [5, 5.41) is 2.82. The first-order chi connectivity index (χ1) is 8.08. The van der Waals surface area contributed by atoms with E-state index >= 15 is 0 Å². The zero-order valence-corrected chi connectivity index (χ0v) is 9.25. The van der Waals surface area contributed by atoms with E-state index in [1.54, 1.807) is 18.2 Å². The fourth-order valence-electron chi connectivity index (χ4n) is 2.39. The number of nitrogens with one attached hydrogen (secondary N) is 1. The monoisotopic (exact) mass is 240 g/mol. The van der Waals surface area contributed by atoms with Crippen LogP contribution in [0.3, 0.4) is 0 Å². The van der Waals surface area contributed by atoms with Crippen molar-refractivity contribution in [2.75, 3.05) is 6.54 Å². The second-order valence-electron chi connectivity index (χ2n) is 4.21. The Morgan fingerprint density at radius 3 is 2.65 bits per heavy atom. The third-order valence-corrected chi connectivity index (χ3v) is 3.23. The zero-order chi connectivity index (χ0) is 12.5. The van der Waals surface area contributed by atoms with Crippen LogP contribution in [-0.4, -0.2) is 18.9 Å². The maximum Gasteiger partial charge on any atom is 0.260 e. The number of amides is 1. The molecular formula is C12H14F2N2O. The Labute approximate surface area is 98.0 Å². The standard InChI is InChI=1S/C12H14F2N2O/c13-11(14)12(6-3-7-16-12)9-5-2-1-4-8(9)10(15)17/h1-2,4-5,11,16H,3,6-7H2,(H2,15,17). The molecule has 1 aromatic rings. The molecule has 1 heterocycles. The first kappa shape index (κ1) is 12.0. The number of halogens is 2. The van der Waals surface area contributed by atoms with E-state index in [0.717, 1.165) is 0 Å². The third kappa shape index (κ3) is 1.91. The van der Waals surface area contributed by atoms with E-state index in [1.807, 2.05) is 0 Å². The highest BCUT2D eigenvalue weighted by Gasteiger charge is 2.45. The molecule has 1 unspecified atom stereocenters. The topological polar surface area (TPSA) is 55.1 Å². The minimum absolute atomic E-state index is 0.169. The van der Waals surface area contributed by atoms with Crippen LogP contribution < -0.4 is 11.1 Å². The predicted molar refractivity (Wildman–Crippen MR) is 59.9 cm³/mol. The highest BCUT2D eigenvalue weighted by Crippen LogP contribution is 2.38. The summed E-state index contributed by atoms with van der Waals surface area (Å²) in [6, 6.07) is 6.30. The first-order valence-electron chi connectivity index (χ1n) is 5.50. The predicted octanol–water partition coefficient (Wildman–Crippen LogP) is 1.63. The van der Waals surface area contributed by atoms with E-state index in [9.17, 15) is 13.6 Å². The van der Waals surface area contributed by atoms with Crippen molar-refractivity contribution in [3.05, 3.63) is 35.4 Å². The number of carbonyl (C=O) groups is 1. The van der Waals surface area contributed by atoms with Crippen LogP contribution in [-0.2, 0) is 5.54 Å². The lowest BCUT2D eigenvalue weighted by molar-refractivity contribution is 0.0385. The van der Waals surface area contributed by atoms with Crippen molar-refractivity contribution in [2.45, 2.75) is 24.8 Å². The molecule has 2 rings (SSSR count). The molecule has 1 atom stereocenters. The molecule has 1 fully saturated rings. The van der Waals surface area contributed by atoms with Crippen molar-refractivity contribution >= 4 is 5.91 Å². The molecule has 1 amide bonds. The number of rotatable bonds is 3. The van der Waals surface area contributed by atoms with Gasteiger partial charge in [-0.15, -0.1) is 0 Å². The number of hydrogen-bond acceptors (Lipinski definition) is 2. The van der Waals surface area contributed by atoms with Crippen LogP contribution in [0.15, 0.2) is 24.3 Å². The van der Waals surface area contributed by atoms with Gasteiger partial charge in [-0.3, -0.25) is 4.79 Å². The molecule has 92 valence electrons. The fourth-order valence-corrected chi connectivity index (χ4v) is 2.39. The van der Waals surface area contributed by atoms with E-state index in [4.69, 9.17) is 5.73 Å². The van der Waals surface area contributed by atoms with Gasteiger partial charge >= 0.3 is 0 Å². The zero-order valence-electron chi connectivity index (χ0n) is 9.25. The smallest absolute Gasteiger partial charge is 0.260 e. The first-order valence-corrected chi connectivity index (χ1v) is 5.50. The summed E-state index contributed by atoms with van der Waals surface area (Å²) in [7, 11) is 0. The van der Waals surface area contributed by atoms with E-state index < -0.39 is 17.9 Å². The van der Waals surface area contributed by atoms with Crippen LogP contribution in [0.1, 0.15) is 28.8 Å². The number of hydrogen-bond donors (Lipinski definition) is 2. The van der Waals surface area contributed by atoms with E-state index in [2.05, 4.69) is 5.32 Å². The molecule has 0 spiro atoms.